The lowest BCUT2D eigenvalue weighted by molar-refractivity contribution is 0.339. The maximum absolute atomic E-state index is 5.65. The van der Waals surface area contributed by atoms with Crippen molar-refractivity contribution in [1.29, 1.82) is 0 Å². The Morgan fingerprint density at radius 1 is 1.37 bits per heavy atom. The molecule has 3 rings (SSSR count). The van der Waals surface area contributed by atoms with Crippen LogP contribution in [0, 0.1) is 0 Å². The number of hydrogen-bond donors (Lipinski definition) is 1. The van der Waals surface area contributed by atoms with E-state index >= 15 is 0 Å². The van der Waals surface area contributed by atoms with Gasteiger partial charge in [0.05, 0.1) is 6.04 Å². The standard InChI is InChI=1S/C14H14BrN3O/c1-2-13-17-12(15)7-14(18-13)16-10-8-19-11-6-4-3-5-9(10)11/h3-7,10H,2,8H2,1H3,(H,16,17,18). The van der Waals surface area contributed by atoms with Gasteiger partial charge >= 0.3 is 0 Å². The fourth-order valence-corrected chi connectivity index (χ4v) is 2.58. The molecular formula is C14H14BrN3O. The van der Waals surface area contributed by atoms with Gasteiger partial charge in [-0.15, -0.1) is 0 Å². The largest absolute Gasteiger partial charge is 0.491 e. The van der Waals surface area contributed by atoms with Gasteiger partial charge in [-0.25, -0.2) is 9.97 Å². The number of ether oxygens (including phenoxy) is 1. The molecule has 0 bridgehead atoms. The molecule has 5 heteroatoms. The minimum Gasteiger partial charge on any atom is -0.491 e. The fraction of sp³-hybridized carbons (Fsp3) is 0.286. The molecule has 0 saturated heterocycles. The second-order valence-corrected chi connectivity index (χ2v) is 5.20. The normalized spacial score (nSPS) is 16.8. The lowest BCUT2D eigenvalue weighted by atomic mass is 10.1. The van der Waals surface area contributed by atoms with E-state index in [9.17, 15) is 0 Å². The van der Waals surface area contributed by atoms with Gasteiger partial charge in [0.1, 0.15) is 28.6 Å². The molecular weight excluding hydrogens is 306 g/mol. The first-order valence-corrected chi connectivity index (χ1v) is 7.07. The first-order chi connectivity index (χ1) is 9.26. The highest BCUT2D eigenvalue weighted by Gasteiger charge is 2.23. The number of nitrogens with zero attached hydrogens (tertiary/aromatic N) is 2. The minimum absolute atomic E-state index is 0.141. The third-order valence-corrected chi connectivity index (χ3v) is 3.49. The van der Waals surface area contributed by atoms with Crippen LogP contribution in [0.15, 0.2) is 34.9 Å². The monoisotopic (exact) mass is 319 g/mol. The van der Waals surface area contributed by atoms with Crippen molar-refractivity contribution in [2.75, 3.05) is 11.9 Å². The van der Waals surface area contributed by atoms with Crippen molar-refractivity contribution in [3.63, 3.8) is 0 Å². The van der Waals surface area contributed by atoms with Crippen LogP contribution >= 0.6 is 15.9 Å². The van der Waals surface area contributed by atoms with Gasteiger partial charge in [-0.2, -0.15) is 0 Å². The molecule has 0 fully saturated rings. The Labute approximate surface area is 120 Å². The number of benzene rings is 1. The molecule has 0 radical (unpaired) electrons. The molecule has 0 aliphatic carbocycles. The van der Waals surface area contributed by atoms with Gasteiger partial charge in [0.25, 0.3) is 0 Å². The molecule has 1 N–H and O–H groups in total. The predicted octanol–water partition coefficient (Wildman–Crippen LogP) is 3.35. The molecule has 2 heterocycles. The molecule has 1 aromatic heterocycles. The molecule has 1 aliphatic heterocycles. The summed E-state index contributed by atoms with van der Waals surface area (Å²) in [6, 6.07) is 10.1. The molecule has 19 heavy (non-hydrogen) atoms. The summed E-state index contributed by atoms with van der Waals surface area (Å²) in [5.41, 5.74) is 1.18. The Morgan fingerprint density at radius 3 is 3.05 bits per heavy atom. The number of aryl methyl sites for hydroxylation is 1. The lowest BCUT2D eigenvalue weighted by Gasteiger charge is -2.13. The minimum atomic E-state index is 0.141. The average Bonchev–Trinajstić information content (AvgIpc) is 2.82. The number of anilines is 1. The number of hydrogen-bond acceptors (Lipinski definition) is 4. The average molecular weight is 320 g/mol. The van der Waals surface area contributed by atoms with Crippen molar-refractivity contribution in [1.82, 2.24) is 9.97 Å². The summed E-state index contributed by atoms with van der Waals surface area (Å²) in [5, 5.41) is 3.41. The number of fused-ring (bicyclic) bond motifs is 1. The Balaban J connectivity index is 1.85. The summed E-state index contributed by atoms with van der Waals surface area (Å²) in [5.74, 6) is 2.59. The Hall–Kier alpha value is -1.62. The van der Waals surface area contributed by atoms with Crippen LogP contribution in [0.4, 0.5) is 5.82 Å². The van der Waals surface area contributed by atoms with Crippen LogP contribution in [0.2, 0.25) is 0 Å². The molecule has 1 aliphatic rings. The molecule has 4 nitrogen and oxygen atoms in total. The van der Waals surface area contributed by atoms with Gasteiger partial charge in [0.2, 0.25) is 0 Å². The van der Waals surface area contributed by atoms with Crippen LogP contribution in [-0.2, 0) is 6.42 Å². The van der Waals surface area contributed by atoms with E-state index in [1.165, 1.54) is 5.56 Å². The maximum atomic E-state index is 5.65. The van der Waals surface area contributed by atoms with Crippen molar-refractivity contribution in [3.8, 4) is 5.75 Å². The highest BCUT2D eigenvalue weighted by molar-refractivity contribution is 9.10. The van der Waals surface area contributed by atoms with E-state index in [1.807, 2.05) is 31.2 Å². The molecule has 0 spiro atoms. The number of rotatable bonds is 3. The molecule has 1 aromatic carbocycles. The van der Waals surface area contributed by atoms with Crippen LogP contribution in [0.3, 0.4) is 0 Å². The fourth-order valence-electron chi connectivity index (χ4n) is 2.16. The smallest absolute Gasteiger partial charge is 0.131 e. The van der Waals surface area contributed by atoms with E-state index in [0.29, 0.717) is 6.61 Å². The Kier molecular flexibility index (Phi) is 3.38. The lowest BCUT2D eigenvalue weighted by Crippen LogP contribution is -2.13. The van der Waals surface area contributed by atoms with E-state index in [2.05, 4.69) is 37.3 Å². The summed E-state index contributed by atoms with van der Waals surface area (Å²) in [7, 11) is 0. The summed E-state index contributed by atoms with van der Waals surface area (Å²) in [6.07, 6.45) is 0.811. The summed E-state index contributed by atoms with van der Waals surface area (Å²) in [4.78, 5) is 8.79. The van der Waals surface area contributed by atoms with Crippen LogP contribution in [0.5, 0.6) is 5.75 Å². The topological polar surface area (TPSA) is 47.0 Å². The summed E-state index contributed by atoms with van der Waals surface area (Å²) < 4.78 is 6.45. The van der Waals surface area contributed by atoms with Gasteiger partial charge in [-0.05, 0) is 22.0 Å². The van der Waals surface area contributed by atoms with E-state index in [1.54, 1.807) is 0 Å². The Morgan fingerprint density at radius 2 is 2.21 bits per heavy atom. The van der Waals surface area contributed by atoms with Gasteiger partial charge < -0.3 is 10.1 Å². The van der Waals surface area contributed by atoms with E-state index in [4.69, 9.17) is 4.74 Å². The quantitative estimate of drug-likeness (QED) is 0.881. The van der Waals surface area contributed by atoms with Gasteiger partial charge in [0, 0.05) is 18.1 Å². The zero-order valence-electron chi connectivity index (χ0n) is 10.6. The van der Waals surface area contributed by atoms with Crippen LogP contribution in [-0.4, -0.2) is 16.6 Å². The highest BCUT2D eigenvalue weighted by atomic mass is 79.9. The van der Waals surface area contributed by atoms with Crippen LogP contribution < -0.4 is 10.1 Å². The Bertz CT molecular complexity index is 603. The SMILES string of the molecule is CCc1nc(Br)cc(NC2COc3ccccc32)n1. The molecule has 0 saturated carbocycles. The second kappa shape index (κ2) is 5.17. The maximum Gasteiger partial charge on any atom is 0.131 e. The number of para-hydroxylation sites is 1. The van der Waals surface area contributed by atoms with Crippen LogP contribution in [0.1, 0.15) is 24.4 Å². The van der Waals surface area contributed by atoms with Crippen molar-refractivity contribution >= 4 is 21.7 Å². The zero-order valence-corrected chi connectivity index (χ0v) is 12.1. The highest BCUT2D eigenvalue weighted by Crippen LogP contribution is 2.33. The van der Waals surface area contributed by atoms with Crippen molar-refractivity contribution < 1.29 is 4.74 Å². The van der Waals surface area contributed by atoms with Gasteiger partial charge in [-0.1, -0.05) is 25.1 Å². The van der Waals surface area contributed by atoms with Crippen molar-refractivity contribution in [2.24, 2.45) is 0 Å². The van der Waals surface area contributed by atoms with Crippen molar-refractivity contribution in [2.45, 2.75) is 19.4 Å². The predicted molar refractivity (Wildman–Crippen MR) is 77.4 cm³/mol. The van der Waals surface area contributed by atoms with E-state index in [-0.39, 0.29) is 6.04 Å². The molecule has 0 amide bonds. The first-order valence-electron chi connectivity index (χ1n) is 6.28. The molecule has 2 aromatic rings. The first kappa shape index (κ1) is 12.4. The van der Waals surface area contributed by atoms with Gasteiger partial charge in [-0.3, -0.25) is 0 Å². The summed E-state index contributed by atoms with van der Waals surface area (Å²) >= 11 is 3.41. The third-order valence-electron chi connectivity index (χ3n) is 3.08. The summed E-state index contributed by atoms with van der Waals surface area (Å²) in [6.45, 7) is 2.67. The zero-order chi connectivity index (χ0) is 13.2. The van der Waals surface area contributed by atoms with Crippen molar-refractivity contribution in [3.05, 3.63) is 46.3 Å². The second-order valence-electron chi connectivity index (χ2n) is 4.39. The van der Waals surface area contributed by atoms with Crippen LogP contribution in [0.25, 0.3) is 0 Å². The molecule has 1 unspecified atom stereocenters. The number of nitrogens with one attached hydrogen (secondary N) is 1. The molecule has 98 valence electrons. The number of halogens is 1. The van der Waals surface area contributed by atoms with E-state index < -0.39 is 0 Å². The van der Waals surface area contributed by atoms with Gasteiger partial charge in [0.15, 0.2) is 0 Å². The van der Waals surface area contributed by atoms with E-state index in [0.717, 1.165) is 28.4 Å². The number of aromatic nitrogens is 2. The third kappa shape index (κ3) is 2.56. The molecule has 1 atom stereocenters.